The Balaban J connectivity index is 2.27. The van der Waals surface area contributed by atoms with Gasteiger partial charge in [0.2, 0.25) is 10.0 Å². The molecule has 0 bridgehead atoms. The van der Waals surface area contributed by atoms with Crippen LogP contribution in [0.15, 0.2) is 42.5 Å². The molecule has 6 nitrogen and oxygen atoms in total. The monoisotopic (exact) mass is 348 g/mol. The number of anilines is 2. The molecule has 0 saturated heterocycles. The second-order valence-corrected chi connectivity index (χ2v) is 7.40. The van der Waals surface area contributed by atoms with Crippen LogP contribution in [0, 0.1) is 6.92 Å². The van der Waals surface area contributed by atoms with Gasteiger partial charge in [0.1, 0.15) is 5.75 Å². The van der Waals surface area contributed by atoms with Crippen LogP contribution in [-0.2, 0) is 10.0 Å². The van der Waals surface area contributed by atoms with Gasteiger partial charge in [-0.05, 0) is 42.8 Å². The standard InChI is InChI=1S/C17H20N2O4S/c1-12-11-13(9-10-15(12)19(2)24(4,21)22)17(20)18-14-7-5-6-8-16(14)23-3/h5-11H,1-4H3,(H,18,20). The Morgan fingerprint density at radius 1 is 1.17 bits per heavy atom. The van der Waals surface area contributed by atoms with Crippen LogP contribution in [0.4, 0.5) is 11.4 Å². The molecular formula is C17H20N2O4S. The first-order valence-corrected chi connectivity index (χ1v) is 9.08. The van der Waals surface area contributed by atoms with Crippen molar-refractivity contribution >= 4 is 27.3 Å². The lowest BCUT2D eigenvalue weighted by Gasteiger charge is -2.19. The van der Waals surface area contributed by atoms with Gasteiger partial charge in [0.15, 0.2) is 0 Å². The molecule has 0 fully saturated rings. The number of nitrogens with one attached hydrogen (secondary N) is 1. The topological polar surface area (TPSA) is 75.7 Å². The minimum atomic E-state index is -3.35. The Morgan fingerprint density at radius 3 is 2.42 bits per heavy atom. The van der Waals surface area contributed by atoms with E-state index in [0.717, 1.165) is 6.26 Å². The van der Waals surface area contributed by atoms with E-state index in [1.165, 1.54) is 18.5 Å². The van der Waals surface area contributed by atoms with Gasteiger partial charge < -0.3 is 10.1 Å². The quantitative estimate of drug-likeness (QED) is 0.901. The van der Waals surface area contributed by atoms with E-state index in [2.05, 4.69) is 5.32 Å². The molecule has 0 spiro atoms. The van der Waals surface area contributed by atoms with Gasteiger partial charge in [-0.1, -0.05) is 12.1 Å². The number of amides is 1. The highest BCUT2D eigenvalue weighted by atomic mass is 32.2. The number of carbonyl (C=O) groups is 1. The predicted octanol–water partition coefficient (Wildman–Crippen LogP) is 2.65. The summed E-state index contributed by atoms with van der Waals surface area (Å²) < 4.78 is 29.7. The van der Waals surface area contributed by atoms with E-state index in [9.17, 15) is 13.2 Å². The zero-order valence-corrected chi connectivity index (χ0v) is 14.8. The summed E-state index contributed by atoms with van der Waals surface area (Å²) in [4.78, 5) is 12.4. The fourth-order valence-corrected chi connectivity index (χ4v) is 2.83. The lowest BCUT2D eigenvalue weighted by molar-refractivity contribution is 0.102. The van der Waals surface area contributed by atoms with Crippen molar-refractivity contribution in [1.82, 2.24) is 0 Å². The normalized spacial score (nSPS) is 11.0. The van der Waals surface area contributed by atoms with Crippen molar-refractivity contribution in [2.75, 3.05) is 30.0 Å². The Hall–Kier alpha value is -2.54. The molecule has 0 atom stereocenters. The number of hydrogen-bond acceptors (Lipinski definition) is 4. The number of sulfonamides is 1. The van der Waals surface area contributed by atoms with Crippen molar-refractivity contribution < 1.29 is 17.9 Å². The third kappa shape index (κ3) is 3.86. The van der Waals surface area contributed by atoms with Crippen molar-refractivity contribution in [1.29, 1.82) is 0 Å². The predicted molar refractivity (Wildman–Crippen MR) is 95.4 cm³/mol. The molecule has 128 valence electrons. The Bertz CT molecular complexity index is 863. The zero-order chi connectivity index (χ0) is 17.9. The van der Waals surface area contributed by atoms with Gasteiger partial charge in [-0.2, -0.15) is 0 Å². The smallest absolute Gasteiger partial charge is 0.255 e. The summed E-state index contributed by atoms with van der Waals surface area (Å²) in [6.45, 7) is 1.76. The number of methoxy groups -OCH3 is 1. The number of ether oxygens (including phenoxy) is 1. The van der Waals surface area contributed by atoms with E-state index in [4.69, 9.17) is 4.74 Å². The average Bonchev–Trinajstić information content (AvgIpc) is 2.53. The number of hydrogen-bond donors (Lipinski definition) is 1. The number of benzene rings is 2. The molecule has 0 aliphatic heterocycles. The largest absolute Gasteiger partial charge is 0.495 e. The van der Waals surface area contributed by atoms with Crippen LogP contribution in [0.1, 0.15) is 15.9 Å². The summed E-state index contributed by atoms with van der Waals surface area (Å²) in [6, 6.07) is 12.0. The maximum Gasteiger partial charge on any atom is 0.255 e. The van der Waals surface area contributed by atoms with Gasteiger partial charge in [0.25, 0.3) is 5.91 Å². The van der Waals surface area contributed by atoms with E-state index in [1.54, 1.807) is 43.3 Å². The minimum absolute atomic E-state index is 0.295. The molecule has 2 aromatic rings. The van der Waals surface area contributed by atoms with Gasteiger partial charge in [-0.3, -0.25) is 9.10 Å². The van der Waals surface area contributed by atoms with E-state index in [1.807, 2.05) is 6.07 Å². The first-order chi connectivity index (χ1) is 11.2. The van der Waals surface area contributed by atoms with E-state index < -0.39 is 10.0 Å². The molecule has 7 heteroatoms. The summed E-state index contributed by atoms with van der Waals surface area (Å²) in [5.74, 6) is 0.271. The van der Waals surface area contributed by atoms with Crippen LogP contribution in [0.3, 0.4) is 0 Å². The van der Waals surface area contributed by atoms with E-state index in [-0.39, 0.29) is 5.91 Å². The van der Waals surface area contributed by atoms with Crippen molar-refractivity contribution in [3.8, 4) is 5.75 Å². The van der Waals surface area contributed by atoms with Crippen molar-refractivity contribution in [3.63, 3.8) is 0 Å². The van der Waals surface area contributed by atoms with Crippen LogP contribution < -0.4 is 14.4 Å². The molecule has 0 aliphatic carbocycles. The molecule has 0 radical (unpaired) electrons. The third-order valence-corrected chi connectivity index (χ3v) is 4.84. The van der Waals surface area contributed by atoms with Crippen LogP contribution in [0.5, 0.6) is 5.75 Å². The van der Waals surface area contributed by atoms with Gasteiger partial charge in [0, 0.05) is 12.6 Å². The van der Waals surface area contributed by atoms with Gasteiger partial charge in [-0.15, -0.1) is 0 Å². The molecule has 0 aromatic heterocycles. The Kier molecular flexibility index (Phi) is 5.14. The molecule has 2 rings (SSSR count). The number of nitrogens with zero attached hydrogens (tertiary/aromatic N) is 1. The maximum absolute atomic E-state index is 12.4. The van der Waals surface area contributed by atoms with Gasteiger partial charge >= 0.3 is 0 Å². The number of para-hydroxylation sites is 2. The number of carbonyl (C=O) groups excluding carboxylic acids is 1. The second-order valence-electron chi connectivity index (χ2n) is 5.39. The highest BCUT2D eigenvalue weighted by Gasteiger charge is 2.16. The summed E-state index contributed by atoms with van der Waals surface area (Å²) in [5, 5.41) is 2.79. The van der Waals surface area contributed by atoms with Crippen molar-refractivity contribution in [3.05, 3.63) is 53.6 Å². The SMILES string of the molecule is COc1ccccc1NC(=O)c1ccc(N(C)S(C)(=O)=O)c(C)c1. The fraction of sp³-hybridized carbons (Fsp3) is 0.235. The van der Waals surface area contributed by atoms with Crippen molar-refractivity contribution in [2.45, 2.75) is 6.92 Å². The number of rotatable bonds is 5. The Morgan fingerprint density at radius 2 is 1.83 bits per heavy atom. The molecule has 1 amide bonds. The van der Waals surface area contributed by atoms with Crippen LogP contribution in [0.25, 0.3) is 0 Å². The highest BCUT2D eigenvalue weighted by molar-refractivity contribution is 7.92. The van der Waals surface area contributed by atoms with Gasteiger partial charge in [0.05, 0.1) is 24.7 Å². The first-order valence-electron chi connectivity index (χ1n) is 7.23. The molecular weight excluding hydrogens is 328 g/mol. The summed E-state index contributed by atoms with van der Waals surface area (Å²) in [6.07, 6.45) is 1.13. The zero-order valence-electron chi connectivity index (χ0n) is 14.0. The molecule has 0 heterocycles. The summed E-state index contributed by atoms with van der Waals surface area (Å²) in [5.41, 5.74) is 2.23. The molecule has 1 N–H and O–H groups in total. The highest BCUT2D eigenvalue weighted by Crippen LogP contribution is 2.25. The van der Waals surface area contributed by atoms with Crippen LogP contribution in [0.2, 0.25) is 0 Å². The molecule has 0 saturated carbocycles. The summed E-state index contributed by atoms with van der Waals surface area (Å²) >= 11 is 0. The van der Waals surface area contributed by atoms with Crippen LogP contribution >= 0.6 is 0 Å². The fourth-order valence-electron chi connectivity index (χ4n) is 2.27. The number of aryl methyl sites for hydroxylation is 1. The molecule has 0 unspecified atom stereocenters. The third-order valence-electron chi connectivity index (χ3n) is 3.65. The molecule has 0 aliphatic rings. The first kappa shape index (κ1) is 17.8. The van der Waals surface area contributed by atoms with E-state index >= 15 is 0 Å². The lowest BCUT2D eigenvalue weighted by Crippen LogP contribution is -2.25. The lowest BCUT2D eigenvalue weighted by atomic mass is 10.1. The van der Waals surface area contributed by atoms with Gasteiger partial charge in [-0.25, -0.2) is 8.42 Å². The van der Waals surface area contributed by atoms with Crippen LogP contribution in [-0.4, -0.2) is 34.7 Å². The summed E-state index contributed by atoms with van der Waals surface area (Å²) in [7, 11) is -0.342. The maximum atomic E-state index is 12.4. The Labute approximate surface area is 142 Å². The molecule has 2 aromatic carbocycles. The molecule has 24 heavy (non-hydrogen) atoms. The minimum Gasteiger partial charge on any atom is -0.495 e. The van der Waals surface area contributed by atoms with Crippen molar-refractivity contribution in [2.24, 2.45) is 0 Å². The second kappa shape index (κ2) is 6.92. The average molecular weight is 348 g/mol. The van der Waals surface area contributed by atoms with E-state index in [0.29, 0.717) is 28.3 Å².